The van der Waals surface area contributed by atoms with Crippen molar-refractivity contribution in [1.82, 2.24) is 45.9 Å². The highest BCUT2D eigenvalue weighted by Crippen LogP contribution is 2.46. The van der Waals surface area contributed by atoms with E-state index in [4.69, 9.17) is 23.9 Å². The SMILES string of the molecule is CC(C)(CCCCOc1cc(-c2ccccc2)cc(-c2ccccc2)n1)C1(CCCCC(=O)NCCCOCCOCCOCCCNC(=O)[C@H](CS(=O)(=O)O)NC(=O)[C@H](CS(=O)(=O)O)NC(=O)CN2CCN(CC(=O)O)CCN(CC(=O)O)CCN(CC(=O)O)CC2)N=NN=N1. The number of ether oxygens (including phenoxy) is 4. The predicted molar refractivity (Wildman–Crippen MR) is 352 cm³/mol. The van der Waals surface area contributed by atoms with Crippen LogP contribution in [0.4, 0.5) is 0 Å². The van der Waals surface area contributed by atoms with Gasteiger partial charge in [0.05, 0.1) is 64.9 Å². The number of aliphatic carboxylic acids is 3. The van der Waals surface area contributed by atoms with Crippen molar-refractivity contribution in [1.29, 1.82) is 0 Å². The number of amides is 4. The van der Waals surface area contributed by atoms with Gasteiger partial charge in [-0.15, -0.1) is 10.2 Å². The number of pyridine rings is 1. The van der Waals surface area contributed by atoms with Gasteiger partial charge in [-0.05, 0) is 79.0 Å². The first-order valence-corrected chi connectivity index (χ1v) is 35.3. The van der Waals surface area contributed by atoms with Crippen molar-refractivity contribution in [3.63, 3.8) is 0 Å². The second kappa shape index (κ2) is 41.6. The second-order valence-electron chi connectivity index (χ2n) is 24.1. The molecule has 1 fully saturated rings. The predicted octanol–water partition coefficient (Wildman–Crippen LogP) is 2.36. The molecule has 0 radical (unpaired) electrons. The summed E-state index contributed by atoms with van der Waals surface area (Å²) in [5.74, 6) is -9.46. The minimum Gasteiger partial charge on any atom is -0.480 e. The van der Waals surface area contributed by atoms with Crippen LogP contribution in [0.1, 0.15) is 71.6 Å². The summed E-state index contributed by atoms with van der Waals surface area (Å²) in [6.07, 6.45) is 5.45. The summed E-state index contributed by atoms with van der Waals surface area (Å²) < 4.78 is 90.3. The molecule has 0 spiro atoms. The maximum Gasteiger partial charge on any atom is 0.317 e. The van der Waals surface area contributed by atoms with Crippen LogP contribution < -0.4 is 26.0 Å². The highest BCUT2D eigenvalue weighted by atomic mass is 32.2. The molecule has 35 heteroatoms. The largest absolute Gasteiger partial charge is 0.480 e. The van der Waals surface area contributed by atoms with Gasteiger partial charge in [0.1, 0.15) is 23.6 Å². The van der Waals surface area contributed by atoms with E-state index < -0.39 is 111 Å². The zero-order valence-electron chi connectivity index (χ0n) is 54.9. The molecule has 0 aliphatic carbocycles. The Balaban J connectivity index is 0.929. The third-order valence-electron chi connectivity index (χ3n) is 15.9. The van der Waals surface area contributed by atoms with Gasteiger partial charge in [-0.25, -0.2) is 4.98 Å². The van der Waals surface area contributed by atoms with E-state index in [2.05, 4.69) is 68.7 Å². The minimum atomic E-state index is -5.05. The maximum atomic E-state index is 13.5. The van der Waals surface area contributed by atoms with Gasteiger partial charge in [-0.1, -0.05) is 74.5 Å². The molecule has 3 heterocycles. The molecule has 0 bridgehead atoms. The van der Waals surface area contributed by atoms with Gasteiger partial charge in [-0.3, -0.25) is 62.3 Å². The number of nitrogens with zero attached hydrogens (tertiary/aromatic N) is 9. The van der Waals surface area contributed by atoms with Gasteiger partial charge in [0, 0.05) is 102 Å². The van der Waals surface area contributed by atoms with Crippen LogP contribution in [-0.4, -0.2) is 275 Å². The average molecular weight is 1400 g/mol. The molecular weight excluding hydrogens is 1310 g/mol. The normalized spacial score (nSPS) is 15.9. The molecule has 4 amide bonds. The van der Waals surface area contributed by atoms with Crippen LogP contribution >= 0.6 is 0 Å². The molecule has 2 aromatic carbocycles. The van der Waals surface area contributed by atoms with Gasteiger partial charge in [0.2, 0.25) is 29.5 Å². The summed E-state index contributed by atoms with van der Waals surface area (Å²) in [5, 5.41) is 54.7. The monoisotopic (exact) mass is 1400 g/mol. The highest BCUT2D eigenvalue weighted by molar-refractivity contribution is 7.86. The van der Waals surface area contributed by atoms with Gasteiger partial charge >= 0.3 is 17.9 Å². The van der Waals surface area contributed by atoms with Crippen LogP contribution in [0.3, 0.4) is 0 Å². The molecule has 1 saturated heterocycles. The van der Waals surface area contributed by atoms with E-state index in [0.29, 0.717) is 57.7 Å². The first-order valence-electron chi connectivity index (χ1n) is 32.1. The molecule has 0 saturated carbocycles. The number of carboxylic acid groups (broad SMARTS) is 3. The Morgan fingerprint density at radius 2 is 0.990 bits per heavy atom. The molecule has 1 aromatic heterocycles. The van der Waals surface area contributed by atoms with E-state index in [-0.39, 0.29) is 110 Å². The molecule has 0 unspecified atom stereocenters. The maximum absolute atomic E-state index is 13.5. The number of hydrogen-bond acceptors (Lipinski definition) is 24. The van der Waals surface area contributed by atoms with Gasteiger partial charge < -0.3 is 55.5 Å². The van der Waals surface area contributed by atoms with E-state index in [0.717, 1.165) is 41.6 Å². The Hall–Kier alpha value is -7.58. The number of aromatic nitrogens is 1. The Morgan fingerprint density at radius 1 is 0.526 bits per heavy atom. The lowest BCUT2D eigenvalue weighted by atomic mass is 9.73. The van der Waals surface area contributed by atoms with Crippen LogP contribution in [0.5, 0.6) is 5.88 Å². The van der Waals surface area contributed by atoms with E-state index >= 15 is 0 Å². The summed E-state index contributed by atoms with van der Waals surface area (Å²) in [5.41, 5.74) is 2.75. The topological polar surface area (TPSA) is 449 Å². The summed E-state index contributed by atoms with van der Waals surface area (Å²) in [4.78, 5) is 98.5. The second-order valence-corrected chi connectivity index (χ2v) is 27.0. The van der Waals surface area contributed by atoms with Crippen molar-refractivity contribution in [3.8, 4) is 28.3 Å². The number of unbranched alkanes of at least 4 members (excludes halogenated alkanes) is 2. The Labute approximate surface area is 565 Å². The number of rotatable bonds is 44. The summed E-state index contributed by atoms with van der Waals surface area (Å²) >= 11 is 0. The molecule has 5 rings (SSSR count). The first-order chi connectivity index (χ1) is 46.2. The van der Waals surface area contributed by atoms with E-state index in [1.807, 2.05) is 59.9 Å². The molecule has 97 heavy (non-hydrogen) atoms. The molecule has 2 atom stereocenters. The van der Waals surface area contributed by atoms with Crippen molar-refractivity contribution in [2.75, 3.05) is 149 Å². The third kappa shape index (κ3) is 32.1. The summed E-state index contributed by atoms with van der Waals surface area (Å²) in [6, 6.07) is 20.0. The number of carbonyl (C=O) groups is 7. The van der Waals surface area contributed by atoms with Crippen LogP contribution in [0.15, 0.2) is 93.5 Å². The molecule has 3 aromatic rings. The summed E-state index contributed by atoms with van der Waals surface area (Å²) in [6.45, 7) is 4.77. The van der Waals surface area contributed by atoms with E-state index in [9.17, 15) is 74.8 Å². The standard InChI is InChI=1S/C62H93N13O20S2/c1-61(2,20-11-12-34-95-55-40-49(47-15-5-3-6-16-47)39-50(66-55)48-17-7-4-8-18-48)62(68-70-71-69-62)21-10-9-19-53(76)63-22-13-32-92-35-37-94-38-36-93-33-14-23-64-59(84)51(45-96(86,87)88)67-60(85)52(46-97(89,90)91)65-54(77)41-72-24-26-73(42-56(78)79)28-30-75(44-58(82)83)31-29-74(27-25-72)43-57(80)81/h3-8,15-18,39-40,51-52H,9-14,19-38,41-46H2,1-2H3,(H,63,76)(H,64,84)(H,65,77)(H,67,85)(H,78,79)(H,80,81)(H,82,83)(H,86,87,88)(H,89,90,91)/t51-,52-/m0/s1. The Kier molecular flexibility index (Phi) is 34.4. The zero-order chi connectivity index (χ0) is 70.7. The van der Waals surface area contributed by atoms with Crippen LogP contribution in [-0.2, 0) is 68.0 Å². The molecule has 9 N–H and O–H groups in total. The lowest BCUT2D eigenvalue weighted by Crippen LogP contribution is -2.58. The third-order valence-corrected chi connectivity index (χ3v) is 17.4. The number of hydrogen-bond donors (Lipinski definition) is 9. The van der Waals surface area contributed by atoms with Crippen molar-refractivity contribution < 1.29 is 93.8 Å². The van der Waals surface area contributed by atoms with Crippen LogP contribution in [0.25, 0.3) is 22.4 Å². The van der Waals surface area contributed by atoms with Gasteiger partial charge in [-0.2, -0.15) is 16.8 Å². The van der Waals surface area contributed by atoms with Crippen molar-refractivity contribution in [3.05, 3.63) is 72.8 Å². The smallest absolute Gasteiger partial charge is 0.317 e. The molecule has 2 aliphatic rings. The van der Waals surface area contributed by atoms with E-state index in [1.165, 1.54) is 19.6 Å². The number of nitrogens with one attached hydrogen (secondary N) is 4. The number of benzene rings is 2. The lowest BCUT2D eigenvalue weighted by molar-refractivity contribution is -0.140. The fourth-order valence-electron chi connectivity index (χ4n) is 10.6. The molecule has 2 aliphatic heterocycles. The lowest BCUT2D eigenvalue weighted by Gasteiger charge is -2.37. The van der Waals surface area contributed by atoms with Crippen molar-refractivity contribution in [2.24, 2.45) is 26.1 Å². The van der Waals surface area contributed by atoms with E-state index in [1.54, 1.807) is 0 Å². The van der Waals surface area contributed by atoms with Crippen LogP contribution in [0.2, 0.25) is 0 Å². The molecule has 33 nitrogen and oxygen atoms in total. The number of carboxylic acids is 3. The summed E-state index contributed by atoms with van der Waals surface area (Å²) in [7, 11) is -10.0. The van der Waals surface area contributed by atoms with Crippen molar-refractivity contribution >= 4 is 61.8 Å². The highest BCUT2D eigenvalue weighted by Gasteiger charge is 2.47. The van der Waals surface area contributed by atoms with Gasteiger partial charge in [0.25, 0.3) is 20.2 Å². The molecule has 538 valence electrons. The fourth-order valence-corrected chi connectivity index (χ4v) is 11.9. The van der Waals surface area contributed by atoms with Gasteiger partial charge in [0.15, 0.2) is 5.66 Å². The first kappa shape index (κ1) is 80.1. The molecular formula is C62H93N13O20S2. The van der Waals surface area contributed by atoms with Crippen molar-refractivity contribution in [2.45, 2.75) is 89.4 Å². The average Bonchev–Trinajstić information content (AvgIpc) is 1.73. The Morgan fingerprint density at radius 3 is 1.48 bits per heavy atom. The fraction of sp³-hybridized carbons (Fsp3) is 0.613. The minimum absolute atomic E-state index is 0.00447. The quantitative estimate of drug-likeness (QED) is 0.0290. The number of carbonyl (C=O) groups excluding carboxylic acids is 4. The zero-order valence-corrected chi connectivity index (χ0v) is 56.5. The van der Waals surface area contributed by atoms with Crippen LogP contribution in [0, 0.1) is 5.41 Å². The Bertz CT molecular complexity index is 3180.